The Morgan fingerprint density at radius 3 is 2.36 bits per heavy atom. The Kier molecular flexibility index (Phi) is 6.71. The average molecular weight is 484 g/mol. The molecule has 2 aliphatic rings. The summed E-state index contributed by atoms with van der Waals surface area (Å²) in [5.74, 6) is -1.06. The first kappa shape index (κ1) is 23.6. The number of hydrogen-bond acceptors (Lipinski definition) is 6. The summed E-state index contributed by atoms with van der Waals surface area (Å²) >= 11 is 0. The maximum absolute atomic E-state index is 13.4. The average Bonchev–Trinajstić information content (AvgIpc) is 3.20. The van der Waals surface area contributed by atoms with Gasteiger partial charge in [-0.2, -0.15) is 0 Å². The predicted octanol–water partition coefficient (Wildman–Crippen LogP) is 5.10. The van der Waals surface area contributed by atoms with Crippen LogP contribution < -0.4 is 14.5 Å². The van der Waals surface area contributed by atoms with Crippen molar-refractivity contribution < 1.29 is 19.4 Å². The monoisotopic (exact) mass is 483 g/mol. The second-order valence-corrected chi connectivity index (χ2v) is 8.97. The molecule has 0 bridgehead atoms. The molecule has 2 aliphatic heterocycles. The smallest absolute Gasteiger partial charge is 0.300 e. The molecule has 0 spiro atoms. The van der Waals surface area contributed by atoms with Crippen LogP contribution in [0, 0.1) is 0 Å². The molecule has 184 valence electrons. The van der Waals surface area contributed by atoms with Crippen LogP contribution in [0.25, 0.3) is 5.76 Å². The van der Waals surface area contributed by atoms with E-state index in [2.05, 4.69) is 9.88 Å². The number of carbonyl (C=O) groups excluding carboxylic acids is 2. The summed E-state index contributed by atoms with van der Waals surface area (Å²) in [5, 5.41) is 11.3. The highest BCUT2D eigenvalue weighted by Crippen LogP contribution is 2.42. The summed E-state index contributed by atoms with van der Waals surface area (Å²) in [4.78, 5) is 34.6. The zero-order valence-electron chi connectivity index (χ0n) is 20.3. The third-order valence-electron chi connectivity index (χ3n) is 6.73. The van der Waals surface area contributed by atoms with E-state index in [0.717, 1.165) is 18.8 Å². The number of ether oxygens (including phenoxy) is 1. The third kappa shape index (κ3) is 4.44. The predicted molar refractivity (Wildman–Crippen MR) is 139 cm³/mol. The number of carbonyl (C=O) groups is 2. The first-order chi connectivity index (χ1) is 17.6. The van der Waals surface area contributed by atoms with Crippen molar-refractivity contribution >= 4 is 28.8 Å². The molecule has 7 heteroatoms. The largest absolute Gasteiger partial charge is 0.507 e. The summed E-state index contributed by atoms with van der Waals surface area (Å²) < 4.78 is 5.56. The normalized spacial score (nSPS) is 19.5. The van der Waals surface area contributed by atoms with Gasteiger partial charge in [0.05, 0.1) is 18.2 Å². The summed E-state index contributed by atoms with van der Waals surface area (Å²) in [6.45, 7) is 4.38. The van der Waals surface area contributed by atoms with Gasteiger partial charge in [-0.05, 0) is 80.3 Å². The molecule has 0 aliphatic carbocycles. The van der Waals surface area contributed by atoms with E-state index in [9.17, 15) is 14.7 Å². The van der Waals surface area contributed by atoms with Crippen LogP contribution in [0.3, 0.4) is 0 Å². The van der Waals surface area contributed by atoms with Crippen molar-refractivity contribution in [3.8, 4) is 5.75 Å². The van der Waals surface area contributed by atoms with Gasteiger partial charge in [0, 0.05) is 42.4 Å². The van der Waals surface area contributed by atoms with E-state index in [0.29, 0.717) is 29.2 Å². The fourth-order valence-corrected chi connectivity index (χ4v) is 4.99. The van der Waals surface area contributed by atoms with Gasteiger partial charge in [-0.1, -0.05) is 12.1 Å². The lowest BCUT2D eigenvalue weighted by Crippen LogP contribution is -2.30. The number of Topliss-reactive ketones (excluding diaryl/α,β-unsaturated/α-hetero) is 1. The fraction of sp³-hybridized carbons (Fsp3) is 0.276. The van der Waals surface area contributed by atoms with Gasteiger partial charge in [-0.3, -0.25) is 19.5 Å². The zero-order chi connectivity index (χ0) is 25.1. The van der Waals surface area contributed by atoms with Crippen molar-refractivity contribution in [1.29, 1.82) is 0 Å². The highest BCUT2D eigenvalue weighted by molar-refractivity contribution is 6.51. The van der Waals surface area contributed by atoms with Crippen LogP contribution in [0.1, 0.15) is 43.4 Å². The molecule has 0 saturated carbocycles. The lowest BCUT2D eigenvalue weighted by Gasteiger charge is -2.30. The van der Waals surface area contributed by atoms with Crippen molar-refractivity contribution in [1.82, 2.24) is 4.98 Å². The second-order valence-electron chi connectivity index (χ2n) is 8.97. The molecule has 36 heavy (non-hydrogen) atoms. The summed E-state index contributed by atoms with van der Waals surface area (Å²) in [7, 11) is 0. The molecule has 3 heterocycles. The van der Waals surface area contributed by atoms with Crippen molar-refractivity contribution in [2.45, 2.75) is 32.2 Å². The van der Waals surface area contributed by atoms with Crippen LogP contribution >= 0.6 is 0 Å². The number of ketones is 1. The number of pyridine rings is 1. The Balaban J connectivity index is 1.58. The number of nitrogens with zero attached hydrogens (tertiary/aromatic N) is 3. The molecule has 1 aromatic heterocycles. The quantitative estimate of drug-likeness (QED) is 0.299. The molecular weight excluding hydrogens is 454 g/mol. The van der Waals surface area contributed by atoms with Gasteiger partial charge < -0.3 is 14.7 Å². The fourth-order valence-electron chi connectivity index (χ4n) is 4.99. The van der Waals surface area contributed by atoms with E-state index < -0.39 is 17.7 Å². The van der Waals surface area contributed by atoms with Crippen molar-refractivity contribution in [2.75, 3.05) is 29.5 Å². The van der Waals surface area contributed by atoms with Crippen molar-refractivity contribution in [3.63, 3.8) is 0 Å². The minimum Gasteiger partial charge on any atom is -0.507 e. The molecule has 1 atom stereocenters. The number of hydrogen-bond donors (Lipinski definition) is 1. The number of aliphatic hydroxyl groups excluding tert-OH is 1. The van der Waals surface area contributed by atoms with E-state index in [-0.39, 0.29) is 11.3 Å². The number of rotatable bonds is 6. The van der Waals surface area contributed by atoms with Gasteiger partial charge in [-0.25, -0.2) is 0 Å². The Bertz CT molecular complexity index is 1280. The van der Waals surface area contributed by atoms with E-state index in [1.807, 2.05) is 31.2 Å². The first-order valence-electron chi connectivity index (χ1n) is 12.4. The molecule has 0 radical (unpaired) electrons. The minimum absolute atomic E-state index is 0.0416. The lowest BCUT2D eigenvalue weighted by atomic mass is 9.95. The number of benzene rings is 2. The molecule has 1 unspecified atom stereocenters. The van der Waals surface area contributed by atoms with Gasteiger partial charge >= 0.3 is 0 Å². The third-order valence-corrected chi connectivity index (χ3v) is 6.73. The molecule has 2 saturated heterocycles. The van der Waals surface area contributed by atoms with E-state index >= 15 is 0 Å². The summed E-state index contributed by atoms with van der Waals surface area (Å²) in [6.07, 6.45) is 6.82. The molecule has 2 aromatic carbocycles. The number of amides is 1. The molecule has 2 fully saturated rings. The van der Waals surface area contributed by atoms with Gasteiger partial charge in [0.1, 0.15) is 11.5 Å². The van der Waals surface area contributed by atoms with E-state index in [1.54, 1.807) is 48.8 Å². The summed E-state index contributed by atoms with van der Waals surface area (Å²) in [6, 6.07) is 17.4. The van der Waals surface area contributed by atoms with E-state index in [4.69, 9.17) is 4.74 Å². The Morgan fingerprint density at radius 1 is 0.972 bits per heavy atom. The molecule has 7 nitrogen and oxygen atoms in total. The highest BCUT2D eigenvalue weighted by Gasteiger charge is 2.47. The van der Waals surface area contributed by atoms with Crippen LogP contribution in [0.5, 0.6) is 5.75 Å². The maximum Gasteiger partial charge on any atom is 0.300 e. The molecular formula is C29H29N3O4. The first-order valence-corrected chi connectivity index (χ1v) is 12.4. The number of aromatic nitrogens is 1. The van der Waals surface area contributed by atoms with Crippen LogP contribution in [-0.2, 0) is 9.59 Å². The lowest BCUT2D eigenvalue weighted by molar-refractivity contribution is -0.132. The summed E-state index contributed by atoms with van der Waals surface area (Å²) in [5.41, 5.74) is 2.84. The van der Waals surface area contributed by atoms with Crippen LogP contribution in [0.2, 0.25) is 0 Å². The SMILES string of the molecule is CCOc1cccc(/C(O)=C2\C(=O)C(=O)N(c3ccc(N4CCCCC4)cc3)C2c2ccncc2)c1. The Labute approximate surface area is 210 Å². The topological polar surface area (TPSA) is 83.0 Å². The Morgan fingerprint density at radius 2 is 1.67 bits per heavy atom. The number of piperidine rings is 1. The van der Waals surface area contributed by atoms with Crippen molar-refractivity contribution in [2.24, 2.45) is 0 Å². The number of aliphatic hydroxyl groups is 1. The van der Waals surface area contributed by atoms with Gasteiger partial charge in [0.2, 0.25) is 0 Å². The van der Waals surface area contributed by atoms with Gasteiger partial charge in [0.25, 0.3) is 11.7 Å². The molecule has 1 amide bonds. The molecule has 1 N–H and O–H groups in total. The second kappa shape index (κ2) is 10.2. The van der Waals surface area contributed by atoms with Crippen LogP contribution in [0.15, 0.2) is 78.6 Å². The zero-order valence-corrected chi connectivity index (χ0v) is 20.3. The van der Waals surface area contributed by atoms with Crippen molar-refractivity contribution in [3.05, 3.63) is 89.8 Å². The molecule has 5 rings (SSSR count). The van der Waals surface area contributed by atoms with E-state index in [1.165, 1.54) is 24.2 Å². The van der Waals surface area contributed by atoms with Gasteiger partial charge in [-0.15, -0.1) is 0 Å². The molecule has 3 aromatic rings. The number of anilines is 2. The van der Waals surface area contributed by atoms with Gasteiger partial charge in [0.15, 0.2) is 0 Å². The standard InChI is InChI=1S/C29H29N3O4/c1-2-36-24-8-6-7-21(19-24)27(33)25-26(20-13-15-30-16-14-20)32(29(35)28(25)34)23-11-9-22(10-12-23)31-17-4-3-5-18-31/h6-16,19,26,33H,2-5,17-18H2,1H3/b27-25+. The minimum atomic E-state index is -0.787. The van der Waals surface area contributed by atoms with Crippen LogP contribution in [0.4, 0.5) is 11.4 Å². The maximum atomic E-state index is 13.4. The Hall–Kier alpha value is -4.13. The highest BCUT2D eigenvalue weighted by atomic mass is 16.5. The van der Waals surface area contributed by atoms with Crippen LogP contribution in [-0.4, -0.2) is 41.5 Å².